The van der Waals surface area contributed by atoms with Gasteiger partial charge in [0.25, 0.3) is 0 Å². The minimum absolute atomic E-state index is 0.420. The second-order valence-electron chi connectivity index (χ2n) is 8.30. The Morgan fingerprint density at radius 1 is 1.17 bits per heavy atom. The van der Waals surface area contributed by atoms with Gasteiger partial charge in [-0.25, -0.2) is 4.79 Å². The van der Waals surface area contributed by atoms with Crippen LogP contribution in [0.2, 0.25) is 5.02 Å². The van der Waals surface area contributed by atoms with E-state index in [4.69, 9.17) is 16.3 Å². The van der Waals surface area contributed by atoms with E-state index in [-0.39, 0.29) is 0 Å². The Balaban J connectivity index is 1.68. The average Bonchev–Trinajstić information content (AvgIpc) is 2.94. The standard InChI is InChI=1S/C24H32ClNO3S/c1-15-13-19(14-16(2)21(15)25)29-12-8-11-26-18(4)23(17(3)22(26)24(27)28)30-20-9-6-5-7-10-20/h13-14,20H,5-12H2,1-4H3,(H,27,28). The molecule has 4 nitrogen and oxygen atoms in total. The van der Waals surface area contributed by atoms with Gasteiger partial charge in [0.2, 0.25) is 0 Å². The lowest BCUT2D eigenvalue weighted by atomic mass is 10.0. The number of hydrogen-bond donors (Lipinski definition) is 1. The van der Waals surface area contributed by atoms with Crippen LogP contribution in [-0.4, -0.2) is 27.5 Å². The Bertz CT molecular complexity index is 893. The number of rotatable bonds is 8. The Kier molecular flexibility index (Phi) is 7.81. The van der Waals surface area contributed by atoms with Gasteiger partial charge in [0, 0.05) is 27.4 Å². The third-order valence-corrected chi connectivity index (χ3v) is 8.18. The lowest BCUT2D eigenvalue weighted by Gasteiger charge is -2.21. The van der Waals surface area contributed by atoms with Gasteiger partial charge in [-0.05, 0) is 75.8 Å². The minimum Gasteiger partial charge on any atom is -0.494 e. The first-order valence-corrected chi connectivity index (χ1v) is 12.0. The van der Waals surface area contributed by atoms with Gasteiger partial charge in [0.15, 0.2) is 0 Å². The van der Waals surface area contributed by atoms with Crippen LogP contribution in [0.5, 0.6) is 5.75 Å². The lowest BCUT2D eigenvalue weighted by Crippen LogP contribution is -2.13. The second kappa shape index (κ2) is 10.1. The quantitative estimate of drug-likeness (QED) is 0.442. The number of carbonyl (C=O) groups is 1. The Labute approximate surface area is 189 Å². The SMILES string of the molecule is Cc1cc(OCCCn2c(C)c(SC3CCCCC3)c(C)c2C(=O)O)cc(C)c1Cl. The molecular formula is C24H32ClNO3S. The maximum Gasteiger partial charge on any atom is 0.352 e. The van der Waals surface area contributed by atoms with E-state index in [1.54, 1.807) is 0 Å². The van der Waals surface area contributed by atoms with Gasteiger partial charge in [-0.3, -0.25) is 0 Å². The molecule has 1 aliphatic carbocycles. The smallest absolute Gasteiger partial charge is 0.352 e. The number of halogens is 1. The maximum atomic E-state index is 12.0. The topological polar surface area (TPSA) is 51.5 Å². The van der Waals surface area contributed by atoms with Crippen LogP contribution >= 0.6 is 23.4 Å². The van der Waals surface area contributed by atoms with E-state index in [0.717, 1.165) is 44.5 Å². The number of hydrogen-bond acceptors (Lipinski definition) is 3. The Morgan fingerprint density at radius 2 is 1.80 bits per heavy atom. The third-order valence-electron chi connectivity index (χ3n) is 5.94. The monoisotopic (exact) mass is 449 g/mol. The Morgan fingerprint density at radius 3 is 2.40 bits per heavy atom. The van der Waals surface area contributed by atoms with Crippen molar-refractivity contribution in [2.24, 2.45) is 0 Å². The van der Waals surface area contributed by atoms with E-state index in [9.17, 15) is 9.90 Å². The van der Waals surface area contributed by atoms with Crippen LogP contribution in [0.15, 0.2) is 17.0 Å². The molecule has 0 amide bonds. The first-order valence-electron chi connectivity index (χ1n) is 10.8. The summed E-state index contributed by atoms with van der Waals surface area (Å²) in [4.78, 5) is 13.1. The number of carboxylic acid groups (broad SMARTS) is 1. The zero-order valence-corrected chi connectivity index (χ0v) is 20.0. The van der Waals surface area contributed by atoms with Crippen LogP contribution in [0.1, 0.15) is 71.4 Å². The fourth-order valence-electron chi connectivity index (χ4n) is 4.35. The van der Waals surface area contributed by atoms with E-state index >= 15 is 0 Å². The van der Waals surface area contributed by atoms with Gasteiger partial charge in [-0.1, -0.05) is 30.9 Å². The van der Waals surface area contributed by atoms with Gasteiger partial charge in [-0.2, -0.15) is 0 Å². The highest BCUT2D eigenvalue weighted by molar-refractivity contribution is 8.00. The fraction of sp³-hybridized carbons (Fsp3) is 0.542. The summed E-state index contributed by atoms with van der Waals surface area (Å²) in [5.41, 5.74) is 4.39. The molecule has 1 N–H and O–H groups in total. The van der Waals surface area contributed by atoms with E-state index in [1.807, 2.05) is 49.2 Å². The highest BCUT2D eigenvalue weighted by Crippen LogP contribution is 2.39. The molecule has 1 heterocycles. The molecule has 0 radical (unpaired) electrons. The molecule has 0 saturated heterocycles. The number of ether oxygens (including phenoxy) is 1. The highest BCUT2D eigenvalue weighted by Gasteiger charge is 2.25. The van der Waals surface area contributed by atoms with Crippen molar-refractivity contribution in [1.82, 2.24) is 4.57 Å². The predicted octanol–water partition coefficient (Wildman–Crippen LogP) is 6.97. The molecule has 6 heteroatoms. The number of carboxylic acids is 1. The van der Waals surface area contributed by atoms with E-state index in [1.165, 1.54) is 32.1 Å². The van der Waals surface area contributed by atoms with Gasteiger partial charge >= 0.3 is 5.97 Å². The van der Waals surface area contributed by atoms with Crippen molar-refractivity contribution < 1.29 is 14.6 Å². The molecular weight excluding hydrogens is 418 g/mol. The number of aryl methyl sites for hydroxylation is 2. The van der Waals surface area contributed by atoms with Crippen molar-refractivity contribution >= 4 is 29.3 Å². The van der Waals surface area contributed by atoms with E-state index in [0.29, 0.717) is 24.1 Å². The molecule has 0 atom stereocenters. The van der Waals surface area contributed by atoms with Crippen LogP contribution in [-0.2, 0) is 6.54 Å². The van der Waals surface area contributed by atoms with Gasteiger partial charge in [-0.15, -0.1) is 11.8 Å². The van der Waals surface area contributed by atoms with Crippen molar-refractivity contribution in [2.45, 2.75) is 82.9 Å². The number of benzene rings is 1. The van der Waals surface area contributed by atoms with Crippen LogP contribution < -0.4 is 4.74 Å². The molecule has 0 unspecified atom stereocenters. The molecule has 164 valence electrons. The van der Waals surface area contributed by atoms with Crippen molar-refractivity contribution in [1.29, 1.82) is 0 Å². The van der Waals surface area contributed by atoms with Crippen LogP contribution in [0.4, 0.5) is 0 Å². The summed E-state index contributed by atoms with van der Waals surface area (Å²) in [6, 6.07) is 3.89. The third kappa shape index (κ3) is 5.17. The molecule has 0 bridgehead atoms. The molecule has 0 spiro atoms. The van der Waals surface area contributed by atoms with Gasteiger partial charge < -0.3 is 14.4 Å². The minimum atomic E-state index is -0.851. The lowest BCUT2D eigenvalue weighted by molar-refractivity contribution is 0.0683. The van der Waals surface area contributed by atoms with Crippen molar-refractivity contribution in [3.63, 3.8) is 0 Å². The number of thioether (sulfide) groups is 1. The van der Waals surface area contributed by atoms with Crippen LogP contribution in [0, 0.1) is 27.7 Å². The Hall–Kier alpha value is -1.59. The molecule has 1 aromatic carbocycles. The molecule has 1 saturated carbocycles. The van der Waals surface area contributed by atoms with E-state index < -0.39 is 5.97 Å². The zero-order valence-electron chi connectivity index (χ0n) is 18.4. The maximum absolute atomic E-state index is 12.0. The normalized spacial score (nSPS) is 14.8. The molecule has 3 rings (SSSR count). The van der Waals surface area contributed by atoms with Gasteiger partial charge in [0.05, 0.1) is 6.61 Å². The van der Waals surface area contributed by atoms with Gasteiger partial charge in [0.1, 0.15) is 11.4 Å². The molecule has 1 aromatic heterocycles. The molecule has 2 aromatic rings. The molecule has 0 aliphatic heterocycles. The number of aromatic carboxylic acids is 1. The highest BCUT2D eigenvalue weighted by atomic mass is 35.5. The predicted molar refractivity (Wildman–Crippen MR) is 125 cm³/mol. The van der Waals surface area contributed by atoms with Crippen LogP contribution in [0.3, 0.4) is 0 Å². The summed E-state index contributed by atoms with van der Waals surface area (Å²) in [6.07, 6.45) is 7.08. The molecule has 1 fully saturated rings. The first kappa shape index (κ1) is 23.1. The molecule has 30 heavy (non-hydrogen) atoms. The summed E-state index contributed by atoms with van der Waals surface area (Å²) >= 11 is 8.11. The fourth-order valence-corrected chi connectivity index (χ4v) is 5.92. The summed E-state index contributed by atoms with van der Waals surface area (Å²) in [5, 5.41) is 11.2. The summed E-state index contributed by atoms with van der Waals surface area (Å²) in [7, 11) is 0. The van der Waals surface area contributed by atoms with Crippen molar-refractivity contribution in [2.75, 3.05) is 6.61 Å². The van der Waals surface area contributed by atoms with Crippen molar-refractivity contribution in [3.8, 4) is 5.75 Å². The summed E-state index contributed by atoms with van der Waals surface area (Å²) < 4.78 is 7.88. The number of nitrogens with zero attached hydrogens (tertiary/aromatic N) is 1. The largest absolute Gasteiger partial charge is 0.494 e. The van der Waals surface area contributed by atoms with Crippen molar-refractivity contribution in [3.05, 3.63) is 45.2 Å². The average molecular weight is 450 g/mol. The van der Waals surface area contributed by atoms with E-state index in [2.05, 4.69) is 6.92 Å². The number of aromatic nitrogens is 1. The second-order valence-corrected chi connectivity index (χ2v) is 9.98. The summed E-state index contributed by atoms with van der Waals surface area (Å²) in [6.45, 7) is 9.11. The van der Waals surface area contributed by atoms with Crippen LogP contribution in [0.25, 0.3) is 0 Å². The first-order chi connectivity index (χ1) is 14.3. The summed E-state index contributed by atoms with van der Waals surface area (Å²) in [5.74, 6) is -0.0437. The zero-order chi connectivity index (χ0) is 21.8. The molecule has 1 aliphatic rings.